The van der Waals surface area contributed by atoms with Crippen LogP contribution in [0, 0.1) is 18.3 Å². The zero-order valence-electron chi connectivity index (χ0n) is 18.5. The van der Waals surface area contributed by atoms with Crippen molar-refractivity contribution in [2.45, 2.75) is 63.4 Å². The summed E-state index contributed by atoms with van der Waals surface area (Å²) in [6.45, 7) is 1.48. The molecule has 1 heterocycles. The van der Waals surface area contributed by atoms with Crippen molar-refractivity contribution in [3.8, 4) is 6.07 Å². The zero-order chi connectivity index (χ0) is 23.6. The van der Waals surface area contributed by atoms with Crippen molar-refractivity contribution in [3.05, 3.63) is 64.8 Å². The fourth-order valence-electron chi connectivity index (χ4n) is 4.57. The number of halogens is 3. The molecule has 1 saturated carbocycles. The van der Waals surface area contributed by atoms with Crippen LogP contribution >= 0.6 is 0 Å². The molecule has 2 aromatic carbocycles. The van der Waals surface area contributed by atoms with Gasteiger partial charge in [0.1, 0.15) is 5.69 Å². The van der Waals surface area contributed by atoms with Crippen molar-refractivity contribution >= 4 is 10.9 Å². The summed E-state index contributed by atoms with van der Waals surface area (Å²) < 4.78 is 44.4. The van der Waals surface area contributed by atoms with Crippen molar-refractivity contribution in [1.82, 2.24) is 15.1 Å². The number of aliphatic hydroxyl groups is 1. The average molecular weight is 457 g/mol. The lowest BCUT2D eigenvalue weighted by molar-refractivity contribution is -0.266. The summed E-state index contributed by atoms with van der Waals surface area (Å²) >= 11 is 0. The fraction of sp³-hybridized carbons (Fsp3) is 0.440. The third kappa shape index (κ3) is 4.75. The number of nitriles is 1. The van der Waals surface area contributed by atoms with Crippen molar-refractivity contribution in [3.63, 3.8) is 0 Å². The lowest BCUT2D eigenvalue weighted by Gasteiger charge is -2.32. The predicted molar refractivity (Wildman–Crippen MR) is 120 cm³/mol. The van der Waals surface area contributed by atoms with E-state index in [1.54, 1.807) is 0 Å². The van der Waals surface area contributed by atoms with Gasteiger partial charge in [-0.1, -0.05) is 49.1 Å². The molecule has 33 heavy (non-hydrogen) atoms. The molecule has 0 aliphatic heterocycles. The standard InChI is InChI=1S/C25H27F3N4O/c1-17-6-5-7-19(12-17)15-32-22-13-18(14-29)10-11-21(22)23(31-32)24(33,25(26,27)28)16-30-20-8-3-2-4-9-20/h5-7,10-13,20,30,33H,2-4,8-9,15-16H2,1H3. The highest BCUT2D eigenvalue weighted by Gasteiger charge is 2.57. The first-order valence-corrected chi connectivity index (χ1v) is 11.2. The van der Waals surface area contributed by atoms with Crippen molar-refractivity contribution in [2.75, 3.05) is 6.54 Å². The van der Waals surface area contributed by atoms with Gasteiger partial charge < -0.3 is 10.4 Å². The molecular formula is C25H27F3N4O. The molecule has 1 atom stereocenters. The number of benzene rings is 2. The molecule has 0 spiro atoms. The molecule has 8 heteroatoms. The maximum absolute atomic E-state index is 14.3. The van der Waals surface area contributed by atoms with Gasteiger partial charge in [-0.05, 0) is 43.5 Å². The monoisotopic (exact) mass is 456 g/mol. The molecule has 1 aliphatic rings. The maximum atomic E-state index is 14.3. The minimum atomic E-state index is -4.93. The first-order chi connectivity index (χ1) is 15.7. The molecule has 5 nitrogen and oxygen atoms in total. The van der Waals surface area contributed by atoms with Crippen LogP contribution in [0.2, 0.25) is 0 Å². The van der Waals surface area contributed by atoms with Gasteiger partial charge in [-0.2, -0.15) is 23.5 Å². The Labute approximate surface area is 190 Å². The smallest absolute Gasteiger partial charge is 0.374 e. The number of hydrogen-bond donors (Lipinski definition) is 2. The van der Waals surface area contributed by atoms with E-state index in [0.717, 1.165) is 43.2 Å². The Morgan fingerprint density at radius 1 is 1.15 bits per heavy atom. The van der Waals surface area contributed by atoms with E-state index in [2.05, 4.69) is 10.4 Å². The Balaban J connectivity index is 1.78. The van der Waals surface area contributed by atoms with E-state index in [1.807, 2.05) is 37.3 Å². The predicted octanol–water partition coefficient (Wildman–Crippen LogP) is 4.94. The van der Waals surface area contributed by atoms with Crippen molar-refractivity contribution in [2.24, 2.45) is 0 Å². The van der Waals surface area contributed by atoms with Gasteiger partial charge in [0.25, 0.3) is 0 Å². The fourth-order valence-corrected chi connectivity index (χ4v) is 4.57. The van der Waals surface area contributed by atoms with E-state index in [9.17, 15) is 23.5 Å². The Morgan fingerprint density at radius 3 is 2.58 bits per heavy atom. The third-order valence-corrected chi connectivity index (χ3v) is 6.41. The first-order valence-electron chi connectivity index (χ1n) is 11.2. The van der Waals surface area contributed by atoms with Gasteiger partial charge in [-0.25, -0.2) is 0 Å². The molecule has 0 radical (unpaired) electrons. The Bertz CT molecular complexity index is 1170. The summed E-state index contributed by atoms with van der Waals surface area (Å²) in [5.41, 5.74) is -1.02. The van der Waals surface area contributed by atoms with Gasteiger partial charge in [-0.3, -0.25) is 4.68 Å². The SMILES string of the molecule is Cc1cccc(Cn2nc(C(O)(CNC3CCCCC3)C(F)(F)F)c3ccc(C#N)cc32)c1. The largest absolute Gasteiger partial charge is 0.424 e. The Kier molecular flexibility index (Phi) is 6.46. The summed E-state index contributed by atoms with van der Waals surface area (Å²) in [6, 6.07) is 14.0. The van der Waals surface area contributed by atoms with Crippen LogP contribution in [0.4, 0.5) is 13.2 Å². The highest BCUT2D eigenvalue weighted by atomic mass is 19.4. The van der Waals surface area contributed by atoms with E-state index < -0.39 is 24.0 Å². The minimum absolute atomic E-state index is 0.0570. The molecule has 0 amide bonds. The van der Waals surface area contributed by atoms with Gasteiger partial charge in [0.2, 0.25) is 5.60 Å². The molecule has 1 aliphatic carbocycles. The number of aryl methyl sites for hydroxylation is 1. The number of fused-ring (bicyclic) bond motifs is 1. The van der Waals surface area contributed by atoms with E-state index >= 15 is 0 Å². The lowest BCUT2D eigenvalue weighted by Crippen LogP contribution is -2.52. The molecule has 1 unspecified atom stereocenters. The molecule has 1 aromatic heterocycles. The van der Waals surface area contributed by atoms with Crippen molar-refractivity contribution in [1.29, 1.82) is 5.26 Å². The van der Waals surface area contributed by atoms with Crippen molar-refractivity contribution < 1.29 is 18.3 Å². The number of nitrogens with zero attached hydrogens (tertiary/aromatic N) is 3. The van der Waals surface area contributed by atoms with Gasteiger partial charge in [-0.15, -0.1) is 0 Å². The molecule has 3 aromatic rings. The van der Waals surface area contributed by atoms with E-state index in [1.165, 1.54) is 22.9 Å². The van der Waals surface area contributed by atoms with Crippen LogP contribution in [0.1, 0.15) is 54.5 Å². The molecule has 2 N–H and O–H groups in total. The van der Waals surface area contributed by atoms with Crippen LogP contribution in [0.5, 0.6) is 0 Å². The maximum Gasteiger partial charge on any atom is 0.424 e. The molecule has 1 fully saturated rings. The van der Waals surface area contributed by atoms with Crippen LogP contribution in [-0.4, -0.2) is 33.6 Å². The topological polar surface area (TPSA) is 73.9 Å². The van der Waals surface area contributed by atoms with Crippen LogP contribution in [0.3, 0.4) is 0 Å². The van der Waals surface area contributed by atoms with Gasteiger partial charge in [0.15, 0.2) is 0 Å². The van der Waals surface area contributed by atoms with E-state index in [-0.39, 0.29) is 18.0 Å². The summed E-state index contributed by atoms with van der Waals surface area (Å²) in [6.07, 6.45) is -0.334. The summed E-state index contributed by atoms with van der Waals surface area (Å²) in [5, 5.41) is 27.8. The van der Waals surface area contributed by atoms with Crippen LogP contribution in [-0.2, 0) is 12.1 Å². The summed E-state index contributed by atoms with van der Waals surface area (Å²) in [4.78, 5) is 0. The van der Waals surface area contributed by atoms with E-state index in [4.69, 9.17) is 0 Å². The van der Waals surface area contributed by atoms with Crippen LogP contribution in [0.15, 0.2) is 42.5 Å². The van der Waals surface area contributed by atoms with Crippen LogP contribution in [0.25, 0.3) is 10.9 Å². The number of hydrogen-bond acceptors (Lipinski definition) is 4. The first kappa shape index (κ1) is 23.3. The minimum Gasteiger partial charge on any atom is -0.374 e. The average Bonchev–Trinajstić information content (AvgIpc) is 3.15. The van der Waals surface area contributed by atoms with E-state index in [0.29, 0.717) is 11.1 Å². The quantitative estimate of drug-likeness (QED) is 0.551. The summed E-state index contributed by atoms with van der Waals surface area (Å²) in [5.74, 6) is 0. The second-order valence-corrected chi connectivity index (χ2v) is 8.91. The number of rotatable bonds is 6. The molecule has 0 saturated heterocycles. The van der Waals surface area contributed by atoms with Gasteiger partial charge in [0, 0.05) is 18.0 Å². The molecular weight excluding hydrogens is 429 g/mol. The Morgan fingerprint density at radius 2 is 1.91 bits per heavy atom. The normalized spacial score (nSPS) is 17.1. The summed E-state index contributed by atoms with van der Waals surface area (Å²) in [7, 11) is 0. The lowest BCUT2D eigenvalue weighted by atomic mass is 9.92. The number of alkyl halides is 3. The van der Waals surface area contributed by atoms with Gasteiger partial charge in [0.05, 0.1) is 23.7 Å². The number of nitrogens with one attached hydrogen (secondary N) is 1. The zero-order valence-corrected chi connectivity index (χ0v) is 18.5. The molecule has 174 valence electrons. The highest BCUT2D eigenvalue weighted by molar-refractivity contribution is 5.84. The molecule has 4 rings (SSSR count). The second-order valence-electron chi connectivity index (χ2n) is 8.91. The third-order valence-electron chi connectivity index (χ3n) is 6.41. The second kappa shape index (κ2) is 9.16. The van der Waals surface area contributed by atoms with Crippen LogP contribution < -0.4 is 5.32 Å². The molecule has 0 bridgehead atoms. The Hall–Kier alpha value is -2.89. The number of aromatic nitrogens is 2. The van der Waals surface area contributed by atoms with Gasteiger partial charge >= 0.3 is 6.18 Å². The highest BCUT2D eigenvalue weighted by Crippen LogP contribution is 2.41.